The Hall–Kier alpha value is -0.280. The molecule has 3 nitrogen and oxygen atoms in total. The molecule has 0 saturated carbocycles. The SMILES string of the molecule is Cl.[2H]C([2H])([2H])N(C(=O)C(C)N)C([2H])([2H])[2H]. The molecule has 56 valence electrons. The Morgan fingerprint density at radius 1 is 1.78 bits per heavy atom. The largest absolute Gasteiger partial charge is 0.347 e. The Balaban J connectivity index is 0. The van der Waals surface area contributed by atoms with Gasteiger partial charge < -0.3 is 10.6 Å². The highest BCUT2D eigenvalue weighted by atomic mass is 35.5. The minimum absolute atomic E-state index is 0. The lowest BCUT2D eigenvalue weighted by atomic mass is 10.3. The molecule has 0 spiro atoms. The van der Waals surface area contributed by atoms with Crippen LogP contribution in [0.4, 0.5) is 0 Å². The van der Waals surface area contributed by atoms with Gasteiger partial charge in [-0.25, -0.2) is 0 Å². The van der Waals surface area contributed by atoms with Crippen LogP contribution in [0.15, 0.2) is 0 Å². The van der Waals surface area contributed by atoms with Crippen molar-refractivity contribution in [3.8, 4) is 0 Å². The van der Waals surface area contributed by atoms with Crippen molar-refractivity contribution in [1.29, 1.82) is 0 Å². The van der Waals surface area contributed by atoms with E-state index in [0.29, 0.717) is 0 Å². The number of amides is 1. The fraction of sp³-hybridized carbons (Fsp3) is 0.800. The van der Waals surface area contributed by atoms with E-state index in [1.807, 2.05) is 0 Å². The Morgan fingerprint density at radius 2 is 2.22 bits per heavy atom. The third-order valence-electron chi connectivity index (χ3n) is 0.610. The number of rotatable bonds is 1. The van der Waals surface area contributed by atoms with Crippen LogP contribution in [0.3, 0.4) is 0 Å². The first-order valence-corrected chi connectivity index (χ1v) is 2.07. The maximum atomic E-state index is 11.2. The van der Waals surface area contributed by atoms with E-state index in [2.05, 4.69) is 0 Å². The number of likely N-dealkylation sites (N-methyl/N-ethyl adjacent to an activating group) is 1. The molecule has 4 heteroatoms. The van der Waals surface area contributed by atoms with Crippen LogP contribution in [-0.2, 0) is 4.79 Å². The molecule has 9 heavy (non-hydrogen) atoms. The van der Waals surface area contributed by atoms with E-state index in [1.165, 1.54) is 6.92 Å². The number of hydrogen-bond acceptors (Lipinski definition) is 2. The maximum absolute atomic E-state index is 11.2. The van der Waals surface area contributed by atoms with Crippen molar-refractivity contribution < 1.29 is 13.0 Å². The molecule has 0 aliphatic rings. The molecular weight excluding hydrogens is 140 g/mol. The van der Waals surface area contributed by atoms with Gasteiger partial charge in [0.2, 0.25) is 5.91 Å². The molecule has 0 heterocycles. The van der Waals surface area contributed by atoms with Crippen LogP contribution in [0.5, 0.6) is 0 Å². The summed E-state index contributed by atoms with van der Waals surface area (Å²) in [7, 11) is 0. The van der Waals surface area contributed by atoms with E-state index in [4.69, 9.17) is 14.0 Å². The highest BCUT2D eigenvalue weighted by Crippen LogP contribution is 1.81. The summed E-state index contributed by atoms with van der Waals surface area (Å²) >= 11 is 0. The van der Waals surface area contributed by atoms with Gasteiger partial charge in [-0.1, -0.05) is 0 Å². The molecule has 0 radical (unpaired) electrons. The van der Waals surface area contributed by atoms with Gasteiger partial charge in [0, 0.05) is 22.2 Å². The van der Waals surface area contributed by atoms with Crippen molar-refractivity contribution in [2.24, 2.45) is 5.73 Å². The first-order valence-electron chi connectivity index (χ1n) is 5.07. The summed E-state index contributed by atoms with van der Waals surface area (Å²) < 4.78 is 41.3. The van der Waals surface area contributed by atoms with E-state index in [0.717, 1.165) is 0 Å². The standard InChI is InChI=1S/C5H12N2O.ClH/c1-4(6)5(8)7(2)3;/h4H,6H2,1-3H3;1H/i2D3,3D3;. The first-order chi connectivity index (χ1) is 5.98. The molecule has 0 rings (SSSR count). The Bertz CT molecular complexity index is 211. The van der Waals surface area contributed by atoms with Crippen molar-refractivity contribution in [3.05, 3.63) is 0 Å². The Kier molecular flexibility index (Phi) is 1.64. The molecule has 0 aliphatic carbocycles. The van der Waals surface area contributed by atoms with Crippen LogP contribution in [0.25, 0.3) is 0 Å². The van der Waals surface area contributed by atoms with Crippen LogP contribution in [0.2, 0.25) is 0 Å². The summed E-state index contributed by atoms with van der Waals surface area (Å²) in [6.07, 6.45) is 0. The van der Waals surface area contributed by atoms with E-state index >= 15 is 0 Å². The van der Waals surface area contributed by atoms with Crippen LogP contribution in [0.1, 0.15) is 15.1 Å². The zero-order valence-electron chi connectivity index (χ0n) is 10.9. The summed E-state index contributed by atoms with van der Waals surface area (Å²) in [5.41, 5.74) is 5.14. The van der Waals surface area contributed by atoms with E-state index in [-0.39, 0.29) is 17.3 Å². The highest BCUT2D eigenvalue weighted by molar-refractivity contribution is 5.85. The van der Waals surface area contributed by atoms with Crippen molar-refractivity contribution in [1.82, 2.24) is 4.90 Å². The van der Waals surface area contributed by atoms with Gasteiger partial charge in [-0.3, -0.25) is 4.79 Å². The number of nitrogens with two attached hydrogens (primary N) is 1. The summed E-state index contributed by atoms with van der Waals surface area (Å²) in [5, 5.41) is 0. The third kappa shape index (κ3) is 4.24. The minimum atomic E-state index is -3.00. The first kappa shape index (κ1) is 3.21. The van der Waals surface area contributed by atoms with Crippen LogP contribution in [-0.4, -0.2) is 30.8 Å². The van der Waals surface area contributed by atoms with Crippen LogP contribution >= 0.6 is 12.4 Å². The molecular formula is C5H13ClN2O. The van der Waals surface area contributed by atoms with Gasteiger partial charge in [-0.15, -0.1) is 12.4 Å². The number of carbonyl (C=O) groups is 1. The van der Waals surface area contributed by atoms with Gasteiger partial charge in [-0.05, 0) is 6.92 Å². The molecule has 1 amide bonds. The third-order valence-corrected chi connectivity index (χ3v) is 0.610. The lowest BCUT2D eigenvalue weighted by Crippen LogP contribution is -2.37. The van der Waals surface area contributed by atoms with Gasteiger partial charge in [0.05, 0.1) is 6.04 Å². The molecule has 2 N–H and O–H groups in total. The van der Waals surface area contributed by atoms with E-state index < -0.39 is 25.9 Å². The number of halogens is 1. The molecule has 0 aliphatic heterocycles. The van der Waals surface area contributed by atoms with Crippen molar-refractivity contribution in [2.75, 3.05) is 14.0 Å². The predicted molar refractivity (Wildman–Crippen MR) is 39.6 cm³/mol. The quantitative estimate of drug-likeness (QED) is 0.577. The highest BCUT2D eigenvalue weighted by Gasteiger charge is 2.07. The summed E-state index contributed by atoms with van der Waals surface area (Å²) in [5.74, 6) is -1.12. The average molecular weight is 159 g/mol. The van der Waals surface area contributed by atoms with Crippen molar-refractivity contribution in [3.63, 3.8) is 0 Å². The molecule has 1 unspecified atom stereocenters. The number of hydrogen-bond donors (Lipinski definition) is 1. The van der Waals surface area contributed by atoms with Gasteiger partial charge in [0.15, 0.2) is 0 Å². The van der Waals surface area contributed by atoms with Crippen LogP contribution < -0.4 is 5.73 Å². The second-order valence-electron chi connectivity index (χ2n) is 1.46. The Labute approximate surface area is 70.0 Å². The smallest absolute Gasteiger partial charge is 0.238 e. The fourth-order valence-electron chi connectivity index (χ4n) is 0.204. The molecule has 0 aromatic heterocycles. The van der Waals surface area contributed by atoms with Crippen LogP contribution in [0, 0.1) is 0 Å². The summed E-state index contributed by atoms with van der Waals surface area (Å²) in [6.45, 7) is -4.78. The predicted octanol–water partition coefficient (Wildman–Crippen LogP) is -0.156. The molecule has 0 bridgehead atoms. The number of carbonyl (C=O) groups excluding carboxylic acids is 1. The maximum Gasteiger partial charge on any atom is 0.238 e. The zero-order valence-corrected chi connectivity index (χ0v) is 5.73. The fourth-order valence-corrected chi connectivity index (χ4v) is 0.204. The second kappa shape index (κ2) is 4.58. The molecule has 0 saturated heterocycles. The monoisotopic (exact) mass is 158 g/mol. The second-order valence-corrected chi connectivity index (χ2v) is 1.46. The lowest BCUT2D eigenvalue weighted by Gasteiger charge is -2.11. The van der Waals surface area contributed by atoms with Gasteiger partial charge in [0.25, 0.3) is 0 Å². The van der Waals surface area contributed by atoms with Crippen molar-refractivity contribution in [2.45, 2.75) is 13.0 Å². The lowest BCUT2D eigenvalue weighted by molar-refractivity contribution is -0.129. The average Bonchev–Trinajstić information content (AvgIpc) is 1.79. The minimum Gasteiger partial charge on any atom is -0.347 e. The van der Waals surface area contributed by atoms with Crippen molar-refractivity contribution >= 4 is 18.3 Å². The Morgan fingerprint density at radius 3 is 2.33 bits per heavy atom. The number of nitrogens with zero attached hydrogens (tertiary/aromatic N) is 1. The summed E-state index contributed by atoms with van der Waals surface area (Å²) in [4.78, 5) is 11.1. The normalized spacial score (nSPS) is 24.2. The van der Waals surface area contributed by atoms with Gasteiger partial charge in [-0.2, -0.15) is 0 Å². The van der Waals surface area contributed by atoms with Gasteiger partial charge in [0.1, 0.15) is 0 Å². The zero-order chi connectivity index (χ0) is 11.7. The molecule has 0 aromatic rings. The summed E-state index contributed by atoms with van der Waals surface area (Å²) in [6, 6.07) is -1.16. The van der Waals surface area contributed by atoms with E-state index in [9.17, 15) is 4.79 Å². The van der Waals surface area contributed by atoms with Gasteiger partial charge >= 0.3 is 0 Å². The molecule has 0 aromatic carbocycles. The topological polar surface area (TPSA) is 46.3 Å². The molecule has 1 atom stereocenters. The molecule has 0 fully saturated rings. The van der Waals surface area contributed by atoms with E-state index in [1.54, 1.807) is 0 Å².